The van der Waals surface area contributed by atoms with Gasteiger partial charge in [0.1, 0.15) is 0 Å². The number of methoxy groups -OCH3 is 1. The average molecular weight is 219 g/mol. The van der Waals surface area contributed by atoms with Crippen molar-refractivity contribution >= 4 is 0 Å². The maximum Gasteiger partial charge on any atom is 0.0701 e. The quantitative estimate of drug-likeness (QED) is 0.561. The van der Waals surface area contributed by atoms with E-state index in [1.807, 2.05) is 6.92 Å². The Hall–Kier alpha value is -0.160. The van der Waals surface area contributed by atoms with E-state index >= 15 is 0 Å². The molecule has 0 saturated heterocycles. The minimum Gasteiger partial charge on any atom is -0.385 e. The van der Waals surface area contributed by atoms with E-state index in [-0.39, 0.29) is 5.54 Å². The molecule has 0 aromatic carbocycles. The topological polar surface area (TPSA) is 53.7 Å². The van der Waals surface area contributed by atoms with E-state index < -0.39 is 0 Å². The molecule has 4 nitrogen and oxygen atoms in total. The lowest BCUT2D eigenvalue weighted by atomic mass is 10.0. The Kier molecular flexibility index (Phi) is 9.00. The van der Waals surface area contributed by atoms with Gasteiger partial charge in [-0.05, 0) is 19.8 Å². The molecule has 1 atom stereocenters. The van der Waals surface area contributed by atoms with Gasteiger partial charge < -0.3 is 19.9 Å². The maximum atomic E-state index is 5.91. The molecule has 0 aromatic heterocycles. The monoisotopic (exact) mass is 219 g/mol. The molecule has 0 rings (SSSR count). The SMILES string of the molecule is CCC(C)(N)COCCOCCCOC. The Morgan fingerprint density at radius 1 is 1.07 bits per heavy atom. The number of hydrogen-bond donors (Lipinski definition) is 1. The molecule has 0 bridgehead atoms. The third-order valence-corrected chi connectivity index (χ3v) is 2.25. The van der Waals surface area contributed by atoms with E-state index in [1.165, 1.54) is 0 Å². The van der Waals surface area contributed by atoms with Crippen molar-refractivity contribution in [3.05, 3.63) is 0 Å². The molecule has 2 N–H and O–H groups in total. The normalized spacial score (nSPS) is 15.2. The molecule has 0 spiro atoms. The van der Waals surface area contributed by atoms with Gasteiger partial charge in [0, 0.05) is 25.9 Å². The van der Waals surface area contributed by atoms with Crippen molar-refractivity contribution in [1.29, 1.82) is 0 Å². The molecule has 1 unspecified atom stereocenters. The number of nitrogens with two attached hydrogens (primary N) is 1. The summed E-state index contributed by atoms with van der Waals surface area (Å²) in [6, 6.07) is 0. The summed E-state index contributed by atoms with van der Waals surface area (Å²) in [5.74, 6) is 0. The lowest BCUT2D eigenvalue weighted by Crippen LogP contribution is -2.40. The van der Waals surface area contributed by atoms with Crippen molar-refractivity contribution in [1.82, 2.24) is 0 Å². The Morgan fingerprint density at radius 2 is 1.73 bits per heavy atom. The van der Waals surface area contributed by atoms with Crippen molar-refractivity contribution in [2.45, 2.75) is 32.2 Å². The molecule has 15 heavy (non-hydrogen) atoms. The summed E-state index contributed by atoms with van der Waals surface area (Å²) >= 11 is 0. The van der Waals surface area contributed by atoms with E-state index in [0.29, 0.717) is 19.8 Å². The zero-order valence-corrected chi connectivity index (χ0v) is 10.3. The van der Waals surface area contributed by atoms with Crippen molar-refractivity contribution in [2.75, 3.05) is 40.1 Å². The zero-order valence-electron chi connectivity index (χ0n) is 10.3. The van der Waals surface area contributed by atoms with Gasteiger partial charge in [0.05, 0.1) is 19.8 Å². The first kappa shape index (κ1) is 14.8. The van der Waals surface area contributed by atoms with Crippen LogP contribution in [0.15, 0.2) is 0 Å². The number of ether oxygens (including phenoxy) is 3. The number of hydrogen-bond acceptors (Lipinski definition) is 4. The predicted molar refractivity (Wildman–Crippen MR) is 61.0 cm³/mol. The minimum absolute atomic E-state index is 0.212. The standard InChI is InChI=1S/C11H25NO3/c1-4-11(2,12)10-15-9-8-14-7-5-6-13-3/h4-10,12H2,1-3H3. The Bertz CT molecular complexity index is 140. The second-order valence-electron chi connectivity index (χ2n) is 4.02. The molecule has 92 valence electrons. The highest BCUT2D eigenvalue weighted by Crippen LogP contribution is 2.04. The van der Waals surface area contributed by atoms with Gasteiger partial charge in [0.2, 0.25) is 0 Å². The van der Waals surface area contributed by atoms with Crippen LogP contribution in [0.25, 0.3) is 0 Å². The summed E-state index contributed by atoms with van der Waals surface area (Å²) < 4.78 is 15.7. The molecular weight excluding hydrogens is 194 g/mol. The molecule has 0 radical (unpaired) electrons. The van der Waals surface area contributed by atoms with Crippen LogP contribution in [0.2, 0.25) is 0 Å². The molecule has 0 heterocycles. The zero-order chi connectivity index (χ0) is 11.6. The van der Waals surface area contributed by atoms with Gasteiger partial charge in [-0.3, -0.25) is 0 Å². The molecule has 0 fully saturated rings. The van der Waals surface area contributed by atoms with Crippen LogP contribution in [0.4, 0.5) is 0 Å². The number of rotatable bonds is 10. The fourth-order valence-electron chi connectivity index (χ4n) is 0.933. The second-order valence-corrected chi connectivity index (χ2v) is 4.02. The van der Waals surface area contributed by atoms with E-state index in [4.69, 9.17) is 19.9 Å². The second kappa shape index (κ2) is 9.09. The van der Waals surface area contributed by atoms with Gasteiger partial charge in [-0.1, -0.05) is 6.92 Å². The van der Waals surface area contributed by atoms with Gasteiger partial charge in [-0.2, -0.15) is 0 Å². The van der Waals surface area contributed by atoms with Crippen molar-refractivity contribution in [3.63, 3.8) is 0 Å². The first-order chi connectivity index (χ1) is 7.12. The predicted octanol–water partition coefficient (Wildman–Crippen LogP) is 1.18. The van der Waals surface area contributed by atoms with Crippen LogP contribution in [0, 0.1) is 0 Å². The van der Waals surface area contributed by atoms with Gasteiger partial charge in [-0.15, -0.1) is 0 Å². The Morgan fingerprint density at radius 3 is 2.33 bits per heavy atom. The summed E-state index contributed by atoms with van der Waals surface area (Å²) in [4.78, 5) is 0. The van der Waals surface area contributed by atoms with Gasteiger partial charge in [0.15, 0.2) is 0 Å². The highest BCUT2D eigenvalue weighted by molar-refractivity contribution is 4.75. The molecular formula is C11H25NO3. The van der Waals surface area contributed by atoms with E-state index in [9.17, 15) is 0 Å². The third-order valence-electron chi connectivity index (χ3n) is 2.25. The Balaban J connectivity index is 3.11. The van der Waals surface area contributed by atoms with Crippen molar-refractivity contribution in [3.8, 4) is 0 Å². The van der Waals surface area contributed by atoms with Crippen LogP contribution < -0.4 is 5.73 Å². The summed E-state index contributed by atoms with van der Waals surface area (Å²) in [5, 5.41) is 0. The van der Waals surface area contributed by atoms with E-state index in [2.05, 4.69) is 6.92 Å². The van der Waals surface area contributed by atoms with E-state index in [1.54, 1.807) is 7.11 Å². The Labute approximate surface area is 93.1 Å². The largest absolute Gasteiger partial charge is 0.385 e. The lowest BCUT2D eigenvalue weighted by Gasteiger charge is -2.22. The summed E-state index contributed by atoms with van der Waals surface area (Å²) in [6.45, 7) is 7.35. The molecule has 0 aliphatic rings. The van der Waals surface area contributed by atoms with Gasteiger partial charge >= 0.3 is 0 Å². The van der Waals surface area contributed by atoms with Crippen LogP contribution in [0.3, 0.4) is 0 Å². The highest BCUT2D eigenvalue weighted by Gasteiger charge is 2.14. The molecule has 0 aliphatic heterocycles. The fraction of sp³-hybridized carbons (Fsp3) is 1.00. The minimum atomic E-state index is -0.212. The maximum absolute atomic E-state index is 5.91. The summed E-state index contributed by atoms with van der Waals surface area (Å²) in [5.41, 5.74) is 5.70. The van der Waals surface area contributed by atoms with Gasteiger partial charge in [-0.25, -0.2) is 0 Å². The molecule has 0 amide bonds. The molecule has 0 aliphatic carbocycles. The molecule has 0 saturated carbocycles. The van der Waals surface area contributed by atoms with Crippen LogP contribution in [0.5, 0.6) is 0 Å². The fourth-order valence-corrected chi connectivity index (χ4v) is 0.933. The summed E-state index contributed by atoms with van der Waals surface area (Å²) in [6.07, 6.45) is 1.85. The van der Waals surface area contributed by atoms with Crippen LogP contribution >= 0.6 is 0 Å². The smallest absolute Gasteiger partial charge is 0.0701 e. The first-order valence-corrected chi connectivity index (χ1v) is 5.55. The average Bonchev–Trinajstić information content (AvgIpc) is 2.22. The van der Waals surface area contributed by atoms with Crippen molar-refractivity contribution < 1.29 is 14.2 Å². The van der Waals surface area contributed by atoms with E-state index in [0.717, 1.165) is 26.1 Å². The lowest BCUT2D eigenvalue weighted by molar-refractivity contribution is 0.0240. The highest BCUT2D eigenvalue weighted by atomic mass is 16.5. The van der Waals surface area contributed by atoms with Gasteiger partial charge in [0.25, 0.3) is 0 Å². The van der Waals surface area contributed by atoms with Crippen molar-refractivity contribution in [2.24, 2.45) is 5.73 Å². The van der Waals surface area contributed by atoms with Crippen LogP contribution in [-0.4, -0.2) is 45.7 Å². The first-order valence-electron chi connectivity index (χ1n) is 5.55. The van der Waals surface area contributed by atoms with Crippen LogP contribution in [-0.2, 0) is 14.2 Å². The third kappa shape index (κ3) is 10.1. The van der Waals surface area contributed by atoms with Crippen LogP contribution in [0.1, 0.15) is 26.7 Å². The molecule has 0 aromatic rings. The summed E-state index contributed by atoms with van der Waals surface area (Å²) in [7, 11) is 1.69. The molecule has 4 heteroatoms.